The molecule has 0 aromatic heterocycles. The molecule has 0 aliphatic heterocycles. The third-order valence-corrected chi connectivity index (χ3v) is 11.9. The first kappa shape index (κ1) is 40.2. The molecule has 0 bridgehead atoms. The van der Waals surface area contributed by atoms with E-state index in [4.69, 9.17) is 0 Å². The second-order valence-electron chi connectivity index (χ2n) is 17.5. The van der Waals surface area contributed by atoms with Crippen molar-refractivity contribution in [2.24, 2.45) is 0 Å². The van der Waals surface area contributed by atoms with Gasteiger partial charge in [-0.25, -0.2) is 0 Å². The van der Waals surface area contributed by atoms with E-state index < -0.39 is 28.9 Å². The van der Waals surface area contributed by atoms with Crippen LogP contribution in [-0.2, 0) is 29.6 Å². The SMILES string of the molecule is CC(C)(C)c1cc2c(c(C3=CCCC3)c1-c1ccccc1)Cc1cc(-c3ccccc3)c(C(C)(C)C=C(c3ccc(C(F)(F)F)cc3)c3ccc(C(F)(F)F)cc3)cc1-2. The average molecular weight is 797 g/mol. The molecule has 2 aliphatic carbocycles. The fraction of sp³-hybridized carbons (Fsp3) is 0.245. The molecule has 0 N–H and O–H groups in total. The molecular formula is C53H46F6. The van der Waals surface area contributed by atoms with Gasteiger partial charge in [-0.3, -0.25) is 0 Å². The third-order valence-electron chi connectivity index (χ3n) is 11.9. The van der Waals surface area contributed by atoms with Crippen LogP contribution >= 0.6 is 0 Å². The molecule has 0 spiro atoms. The highest BCUT2D eigenvalue weighted by Crippen LogP contribution is 2.52. The summed E-state index contributed by atoms with van der Waals surface area (Å²) in [6, 6.07) is 37.5. The van der Waals surface area contributed by atoms with Gasteiger partial charge >= 0.3 is 12.4 Å². The number of halogens is 6. The third kappa shape index (κ3) is 7.82. The van der Waals surface area contributed by atoms with Crippen molar-refractivity contribution in [2.45, 2.75) is 83.5 Å². The molecule has 6 aromatic carbocycles. The average Bonchev–Trinajstić information content (AvgIpc) is 3.87. The van der Waals surface area contributed by atoms with Gasteiger partial charge in [0.25, 0.3) is 0 Å². The minimum atomic E-state index is -4.54. The van der Waals surface area contributed by atoms with Crippen molar-refractivity contribution in [3.63, 3.8) is 0 Å². The molecule has 8 rings (SSSR count). The van der Waals surface area contributed by atoms with Crippen LogP contribution in [0.1, 0.15) is 104 Å². The molecule has 6 heteroatoms. The highest BCUT2D eigenvalue weighted by molar-refractivity contribution is 5.95. The first-order chi connectivity index (χ1) is 27.9. The van der Waals surface area contributed by atoms with Crippen LogP contribution in [0.15, 0.2) is 140 Å². The molecule has 0 unspecified atom stereocenters. The number of rotatable bonds is 7. The van der Waals surface area contributed by atoms with Crippen molar-refractivity contribution >= 4 is 11.1 Å². The lowest BCUT2D eigenvalue weighted by atomic mass is 9.74. The molecule has 6 aromatic rings. The first-order valence-electron chi connectivity index (χ1n) is 20.2. The van der Waals surface area contributed by atoms with Gasteiger partial charge in [0.05, 0.1) is 11.1 Å². The Morgan fingerprint density at radius 1 is 0.542 bits per heavy atom. The van der Waals surface area contributed by atoms with Crippen LogP contribution in [-0.4, -0.2) is 0 Å². The molecule has 0 fully saturated rings. The van der Waals surface area contributed by atoms with E-state index in [1.807, 2.05) is 24.3 Å². The highest BCUT2D eigenvalue weighted by Gasteiger charge is 2.35. The summed E-state index contributed by atoms with van der Waals surface area (Å²) >= 11 is 0. The summed E-state index contributed by atoms with van der Waals surface area (Å²) in [6.45, 7) is 10.9. The zero-order chi connectivity index (χ0) is 41.9. The quantitative estimate of drug-likeness (QED) is 0.141. The van der Waals surface area contributed by atoms with E-state index in [-0.39, 0.29) is 5.41 Å². The van der Waals surface area contributed by atoms with E-state index in [1.54, 1.807) is 0 Å². The normalized spacial score (nSPS) is 14.2. The molecule has 0 amide bonds. The maximum Gasteiger partial charge on any atom is 0.416 e. The summed E-state index contributed by atoms with van der Waals surface area (Å²) in [7, 11) is 0. The van der Waals surface area contributed by atoms with Crippen molar-refractivity contribution in [3.8, 4) is 33.4 Å². The molecule has 300 valence electrons. The van der Waals surface area contributed by atoms with E-state index in [0.29, 0.717) is 16.7 Å². The number of allylic oxidation sites excluding steroid dienone is 3. The highest BCUT2D eigenvalue weighted by atomic mass is 19.4. The van der Waals surface area contributed by atoms with Crippen molar-refractivity contribution < 1.29 is 26.3 Å². The smallest absolute Gasteiger partial charge is 0.166 e. The molecule has 59 heavy (non-hydrogen) atoms. The van der Waals surface area contributed by atoms with Crippen LogP contribution < -0.4 is 0 Å². The Morgan fingerprint density at radius 2 is 1.07 bits per heavy atom. The Balaban J connectivity index is 1.37. The summed E-state index contributed by atoms with van der Waals surface area (Å²) in [5.74, 6) is 0. The van der Waals surface area contributed by atoms with Crippen LogP contribution in [0.4, 0.5) is 26.3 Å². The van der Waals surface area contributed by atoms with E-state index >= 15 is 0 Å². The first-order valence-corrected chi connectivity index (χ1v) is 20.2. The van der Waals surface area contributed by atoms with E-state index in [0.717, 1.165) is 72.2 Å². The molecule has 0 saturated carbocycles. The Morgan fingerprint density at radius 3 is 1.56 bits per heavy atom. The summed E-state index contributed by atoms with van der Waals surface area (Å²) in [4.78, 5) is 0. The van der Waals surface area contributed by atoms with Gasteiger partial charge in [-0.05, 0) is 157 Å². The Hall–Kier alpha value is -5.62. The van der Waals surface area contributed by atoms with E-state index in [9.17, 15) is 26.3 Å². The zero-order valence-electron chi connectivity index (χ0n) is 33.9. The molecular weight excluding hydrogens is 751 g/mol. The van der Waals surface area contributed by atoms with Gasteiger partial charge in [0.15, 0.2) is 0 Å². The molecule has 0 radical (unpaired) electrons. The minimum absolute atomic E-state index is 0.177. The predicted molar refractivity (Wildman–Crippen MR) is 229 cm³/mol. The fourth-order valence-corrected chi connectivity index (χ4v) is 8.97. The van der Waals surface area contributed by atoms with Crippen LogP contribution in [0.25, 0.3) is 44.5 Å². The largest absolute Gasteiger partial charge is 0.416 e. The number of fused-ring (bicyclic) bond motifs is 3. The van der Waals surface area contributed by atoms with Gasteiger partial charge in [0, 0.05) is 5.41 Å². The number of benzene rings is 6. The Labute approximate surface area is 343 Å². The fourth-order valence-electron chi connectivity index (χ4n) is 8.97. The minimum Gasteiger partial charge on any atom is -0.166 e. The second kappa shape index (κ2) is 14.9. The van der Waals surface area contributed by atoms with Crippen LogP contribution in [0.5, 0.6) is 0 Å². The Bertz CT molecular complexity index is 2520. The number of hydrogen-bond acceptors (Lipinski definition) is 0. The summed E-state index contributed by atoms with van der Waals surface area (Å²) < 4.78 is 82.2. The van der Waals surface area contributed by atoms with Crippen LogP contribution in [0, 0.1) is 0 Å². The lowest BCUT2D eigenvalue weighted by Gasteiger charge is -2.29. The van der Waals surface area contributed by atoms with Gasteiger partial charge in [0.1, 0.15) is 0 Å². The van der Waals surface area contributed by atoms with E-state index in [2.05, 4.69) is 101 Å². The maximum absolute atomic E-state index is 13.7. The number of alkyl halides is 6. The standard InChI is InChI=1S/C53H46F6/c1-50(2,3)47-31-43-41-30-46(51(4,5)32-45(34-20-24-39(25-21-34)52(54,55)56)35-22-26-40(27-23-35)53(57,58)59)42(33-14-8-6-9-15-33)28-38(41)29-44(43)48(36-18-12-13-19-36)49(47)37-16-10-7-11-17-37/h6-11,14-18,20-28,30-32H,12-13,19,29H2,1-5H3. The summed E-state index contributed by atoms with van der Waals surface area (Å²) in [6.07, 6.45) is -0.714. The van der Waals surface area contributed by atoms with E-state index in [1.165, 1.54) is 68.8 Å². The van der Waals surface area contributed by atoms with Crippen LogP contribution in [0.2, 0.25) is 0 Å². The topological polar surface area (TPSA) is 0 Å². The van der Waals surface area contributed by atoms with Gasteiger partial charge in [-0.1, -0.05) is 132 Å². The zero-order valence-corrected chi connectivity index (χ0v) is 33.9. The Kier molecular flexibility index (Phi) is 10.1. The van der Waals surface area contributed by atoms with Gasteiger partial charge in [0.2, 0.25) is 0 Å². The lowest BCUT2D eigenvalue weighted by Crippen LogP contribution is -2.17. The van der Waals surface area contributed by atoms with Crippen molar-refractivity contribution in [2.75, 3.05) is 0 Å². The van der Waals surface area contributed by atoms with Gasteiger partial charge in [-0.15, -0.1) is 0 Å². The molecule has 0 saturated heterocycles. The molecule has 0 atom stereocenters. The van der Waals surface area contributed by atoms with Crippen molar-refractivity contribution in [1.29, 1.82) is 0 Å². The molecule has 0 nitrogen and oxygen atoms in total. The van der Waals surface area contributed by atoms with Gasteiger partial charge in [-0.2, -0.15) is 26.3 Å². The second-order valence-corrected chi connectivity index (χ2v) is 17.5. The van der Waals surface area contributed by atoms with Crippen molar-refractivity contribution in [1.82, 2.24) is 0 Å². The molecule has 2 aliphatic rings. The molecule has 0 heterocycles. The summed E-state index contributed by atoms with van der Waals surface area (Å²) in [5.41, 5.74) is 13.4. The summed E-state index contributed by atoms with van der Waals surface area (Å²) in [5, 5.41) is 0. The maximum atomic E-state index is 13.7. The monoisotopic (exact) mass is 796 g/mol. The number of hydrogen-bond donors (Lipinski definition) is 0. The van der Waals surface area contributed by atoms with Crippen LogP contribution in [0.3, 0.4) is 0 Å². The predicted octanol–water partition coefficient (Wildman–Crippen LogP) is 15.9. The van der Waals surface area contributed by atoms with Crippen molar-refractivity contribution in [3.05, 3.63) is 190 Å². The lowest BCUT2D eigenvalue weighted by molar-refractivity contribution is -0.138. The van der Waals surface area contributed by atoms with Gasteiger partial charge < -0.3 is 0 Å².